The summed E-state index contributed by atoms with van der Waals surface area (Å²) in [4.78, 5) is 27.1. The van der Waals surface area contributed by atoms with Crippen LogP contribution in [-0.2, 0) is 11.3 Å². The van der Waals surface area contributed by atoms with E-state index in [0.29, 0.717) is 47.4 Å². The molecule has 0 bridgehead atoms. The van der Waals surface area contributed by atoms with Crippen LogP contribution in [0.1, 0.15) is 82.1 Å². The molecule has 2 heterocycles. The SMILES string of the molecule is CC1(C)CC(CC(=O)c2ccc(Oc3cccc(CN4CCCCC4=O)c3)c(Cl)c2)CC(C)(C)N1. The van der Waals surface area contributed by atoms with Crippen LogP contribution in [0.4, 0.5) is 0 Å². The van der Waals surface area contributed by atoms with Crippen molar-refractivity contribution in [3.8, 4) is 11.5 Å². The first-order chi connectivity index (χ1) is 16.5. The first kappa shape index (κ1) is 25.7. The summed E-state index contributed by atoms with van der Waals surface area (Å²) in [6, 6.07) is 13.0. The Morgan fingerprint density at radius 2 is 1.83 bits per heavy atom. The van der Waals surface area contributed by atoms with Gasteiger partial charge in [0.1, 0.15) is 11.5 Å². The standard InChI is InChI=1S/C29H37ClN2O3/c1-28(2)17-21(18-29(3,4)31-28)15-25(33)22-11-12-26(24(30)16-22)35-23-9-7-8-20(14-23)19-32-13-6-5-10-27(32)34/h7-9,11-12,14,16,21,31H,5-6,10,13,15,17-19H2,1-4H3. The van der Waals surface area contributed by atoms with Crippen molar-refractivity contribution in [3.05, 3.63) is 58.6 Å². The van der Waals surface area contributed by atoms with Gasteiger partial charge in [0.15, 0.2) is 5.78 Å². The number of piperidine rings is 2. The number of carbonyl (C=O) groups is 2. The minimum atomic E-state index is 0.0118. The molecule has 2 aliphatic heterocycles. The van der Waals surface area contributed by atoms with Crippen LogP contribution in [0.5, 0.6) is 11.5 Å². The summed E-state index contributed by atoms with van der Waals surface area (Å²) in [5.41, 5.74) is 1.66. The number of halogens is 1. The Bertz CT molecular complexity index is 1080. The topological polar surface area (TPSA) is 58.6 Å². The first-order valence-corrected chi connectivity index (χ1v) is 13.0. The number of rotatable bonds is 7. The Balaban J connectivity index is 1.40. The normalized spacial score (nSPS) is 20.0. The van der Waals surface area contributed by atoms with Crippen molar-refractivity contribution in [2.45, 2.75) is 83.8 Å². The molecule has 188 valence electrons. The lowest BCUT2D eigenvalue weighted by Crippen LogP contribution is -2.57. The van der Waals surface area contributed by atoms with Gasteiger partial charge in [0.25, 0.3) is 0 Å². The van der Waals surface area contributed by atoms with Crippen LogP contribution in [0.25, 0.3) is 0 Å². The molecule has 2 aromatic carbocycles. The van der Waals surface area contributed by atoms with E-state index >= 15 is 0 Å². The van der Waals surface area contributed by atoms with Gasteiger partial charge in [-0.2, -0.15) is 0 Å². The van der Waals surface area contributed by atoms with Gasteiger partial charge in [-0.25, -0.2) is 0 Å². The second kappa shape index (κ2) is 10.3. The van der Waals surface area contributed by atoms with Crippen LogP contribution in [-0.4, -0.2) is 34.2 Å². The fraction of sp³-hybridized carbons (Fsp3) is 0.517. The molecule has 0 unspecified atom stereocenters. The maximum atomic E-state index is 13.1. The monoisotopic (exact) mass is 496 g/mol. The minimum absolute atomic E-state index is 0.0118. The highest BCUT2D eigenvalue weighted by molar-refractivity contribution is 6.32. The highest BCUT2D eigenvalue weighted by atomic mass is 35.5. The van der Waals surface area contributed by atoms with Gasteiger partial charge in [-0.1, -0.05) is 23.7 Å². The van der Waals surface area contributed by atoms with E-state index in [9.17, 15) is 9.59 Å². The first-order valence-electron chi connectivity index (χ1n) is 12.7. The maximum Gasteiger partial charge on any atom is 0.222 e. The molecule has 2 saturated heterocycles. The van der Waals surface area contributed by atoms with E-state index in [1.54, 1.807) is 18.2 Å². The van der Waals surface area contributed by atoms with E-state index in [2.05, 4.69) is 33.0 Å². The lowest BCUT2D eigenvalue weighted by Gasteiger charge is -2.46. The second-order valence-corrected chi connectivity index (χ2v) is 11.9. The average molecular weight is 497 g/mol. The zero-order chi connectivity index (χ0) is 25.2. The maximum absolute atomic E-state index is 13.1. The number of ketones is 1. The van der Waals surface area contributed by atoms with Gasteiger partial charge < -0.3 is 15.0 Å². The van der Waals surface area contributed by atoms with Gasteiger partial charge in [-0.15, -0.1) is 0 Å². The highest BCUT2D eigenvalue weighted by Gasteiger charge is 2.38. The fourth-order valence-electron chi connectivity index (χ4n) is 5.90. The number of likely N-dealkylation sites (tertiary alicyclic amines) is 1. The van der Waals surface area contributed by atoms with E-state index in [-0.39, 0.29) is 22.8 Å². The van der Waals surface area contributed by atoms with E-state index < -0.39 is 0 Å². The van der Waals surface area contributed by atoms with Crippen molar-refractivity contribution in [1.82, 2.24) is 10.2 Å². The summed E-state index contributed by atoms with van der Waals surface area (Å²) in [6.07, 6.45) is 5.11. The number of amides is 1. The third kappa shape index (κ3) is 6.86. The highest BCUT2D eigenvalue weighted by Crippen LogP contribution is 2.36. The van der Waals surface area contributed by atoms with E-state index in [1.807, 2.05) is 29.2 Å². The summed E-state index contributed by atoms with van der Waals surface area (Å²) >= 11 is 6.53. The molecule has 35 heavy (non-hydrogen) atoms. The zero-order valence-corrected chi connectivity index (χ0v) is 22.1. The van der Waals surface area contributed by atoms with Crippen molar-refractivity contribution >= 4 is 23.3 Å². The number of hydrogen-bond acceptors (Lipinski definition) is 4. The van der Waals surface area contributed by atoms with E-state index in [1.165, 1.54) is 0 Å². The lowest BCUT2D eigenvalue weighted by atomic mass is 9.74. The number of hydrogen-bond donors (Lipinski definition) is 1. The Kier molecular flexibility index (Phi) is 7.58. The van der Waals surface area contributed by atoms with Gasteiger partial charge in [-0.3, -0.25) is 9.59 Å². The van der Waals surface area contributed by atoms with Crippen LogP contribution in [0.2, 0.25) is 5.02 Å². The van der Waals surface area contributed by atoms with Crippen LogP contribution in [0.15, 0.2) is 42.5 Å². The fourth-order valence-corrected chi connectivity index (χ4v) is 6.12. The van der Waals surface area contributed by atoms with Gasteiger partial charge in [0, 0.05) is 42.6 Å². The van der Waals surface area contributed by atoms with Gasteiger partial charge in [-0.05, 0) is 95.2 Å². The molecular weight excluding hydrogens is 460 g/mol. The van der Waals surface area contributed by atoms with Crippen LogP contribution in [0, 0.1) is 5.92 Å². The minimum Gasteiger partial charge on any atom is -0.456 e. The molecule has 4 rings (SSSR count). The van der Waals surface area contributed by atoms with Crippen LogP contribution >= 0.6 is 11.6 Å². The lowest BCUT2D eigenvalue weighted by molar-refractivity contribution is -0.133. The van der Waals surface area contributed by atoms with Crippen LogP contribution < -0.4 is 10.1 Å². The van der Waals surface area contributed by atoms with Crippen molar-refractivity contribution in [2.75, 3.05) is 6.54 Å². The summed E-state index contributed by atoms with van der Waals surface area (Å²) in [6.45, 7) is 10.2. The number of nitrogens with zero attached hydrogens (tertiary/aromatic N) is 1. The molecule has 0 atom stereocenters. The second-order valence-electron chi connectivity index (χ2n) is 11.5. The molecule has 2 aromatic rings. The van der Waals surface area contributed by atoms with Crippen molar-refractivity contribution < 1.29 is 14.3 Å². The third-order valence-corrected chi connectivity index (χ3v) is 7.22. The smallest absolute Gasteiger partial charge is 0.222 e. The Morgan fingerprint density at radius 1 is 1.09 bits per heavy atom. The predicted molar refractivity (Wildman–Crippen MR) is 140 cm³/mol. The van der Waals surface area contributed by atoms with E-state index in [0.717, 1.165) is 37.8 Å². The largest absolute Gasteiger partial charge is 0.456 e. The van der Waals surface area contributed by atoms with Crippen molar-refractivity contribution in [3.63, 3.8) is 0 Å². The Hall–Kier alpha value is -2.37. The summed E-state index contributed by atoms with van der Waals surface area (Å²) in [5.74, 6) is 1.83. The summed E-state index contributed by atoms with van der Waals surface area (Å²) in [5, 5.41) is 4.09. The third-order valence-electron chi connectivity index (χ3n) is 6.92. The molecule has 5 nitrogen and oxygen atoms in total. The molecule has 2 aliphatic rings. The van der Waals surface area contributed by atoms with Gasteiger partial charge in [0.2, 0.25) is 5.91 Å². The molecule has 0 aromatic heterocycles. The molecule has 1 amide bonds. The average Bonchev–Trinajstić information content (AvgIpc) is 2.75. The number of ether oxygens (including phenoxy) is 1. The Labute approximate surface area is 214 Å². The number of benzene rings is 2. The molecule has 0 radical (unpaired) electrons. The number of nitrogens with one attached hydrogen (secondary N) is 1. The zero-order valence-electron chi connectivity index (χ0n) is 21.3. The number of Topliss-reactive ketones (excluding diaryl/α,β-unsaturated/α-hetero) is 1. The predicted octanol–water partition coefficient (Wildman–Crippen LogP) is 6.77. The molecule has 0 aliphatic carbocycles. The quantitative estimate of drug-likeness (QED) is 0.429. The van der Waals surface area contributed by atoms with Crippen molar-refractivity contribution in [2.24, 2.45) is 5.92 Å². The summed E-state index contributed by atoms with van der Waals surface area (Å²) in [7, 11) is 0. The van der Waals surface area contributed by atoms with E-state index in [4.69, 9.17) is 16.3 Å². The molecule has 6 heteroatoms. The molecular formula is C29H37ClN2O3. The van der Waals surface area contributed by atoms with Crippen LogP contribution in [0.3, 0.4) is 0 Å². The summed E-state index contributed by atoms with van der Waals surface area (Å²) < 4.78 is 6.05. The van der Waals surface area contributed by atoms with Gasteiger partial charge >= 0.3 is 0 Å². The molecule has 1 N–H and O–H groups in total. The van der Waals surface area contributed by atoms with Gasteiger partial charge in [0.05, 0.1) is 5.02 Å². The molecule has 0 saturated carbocycles. The number of carbonyl (C=O) groups excluding carboxylic acids is 2. The molecule has 2 fully saturated rings. The van der Waals surface area contributed by atoms with Crippen molar-refractivity contribution in [1.29, 1.82) is 0 Å². The Morgan fingerprint density at radius 3 is 2.51 bits per heavy atom. The molecule has 0 spiro atoms.